The minimum Gasteiger partial charge on any atom is -0.369 e. The van der Waals surface area contributed by atoms with Gasteiger partial charge in [-0.3, -0.25) is 0 Å². The molecule has 0 aromatic heterocycles. The number of halogens is 1. The van der Waals surface area contributed by atoms with Gasteiger partial charge in [0.1, 0.15) is 0 Å². The maximum Gasteiger partial charge on any atom is 0.185 e. The average Bonchev–Trinajstić information content (AvgIpc) is 2.31. The Bertz CT molecular complexity index is 601. The van der Waals surface area contributed by atoms with Gasteiger partial charge in [-0.05, 0) is 60.4 Å². The molecule has 0 radical (unpaired) electrons. The fourth-order valence-electron chi connectivity index (χ4n) is 2.70. The summed E-state index contributed by atoms with van der Waals surface area (Å²) in [5, 5.41) is -0.441. The van der Waals surface area contributed by atoms with Gasteiger partial charge < -0.3 is 10.6 Å². The second-order valence-electron chi connectivity index (χ2n) is 5.11. The van der Waals surface area contributed by atoms with Crippen LogP contribution in [0.1, 0.15) is 18.9 Å². The molecule has 0 saturated carbocycles. The first-order valence-electron chi connectivity index (χ1n) is 6.27. The van der Waals surface area contributed by atoms with E-state index in [9.17, 15) is 8.42 Å². The normalized spacial score (nSPS) is 25.2. The molecule has 2 rings (SSSR count). The van der Waals surface area contributed by atoms with E-state index in [1.807, 2.05) is 31.9 Å². The largest absolute Gasteiger partial charge is 0.369 e. The summed E-state index contributed by atoms with van der Waals surface area (Å²) in [6.07, 6.45) is 0.485. The summed E-state index contributed by atoms with van der Waals surface area (Å²) < 4.78 is 26.3. The molecule has 6 heteroatoms. The van der Waals surface area contributed by atoms with E-state index in [4.69, 9.17) is 5.73 Å². The number of nitrogens with two attached hydrogens (primary N) is 1. The Hall–Kier alpha value is -0.590. The number of nitrogens with zero attached hydrogens (tertiary/aromatic N) is 1. The molecular formula is C13H19BrN2O2S. The van der Waals surface area contributed by atoms with E-state index in [2.05, 4.69) is 15.9 Å². The quantitative estimate of drug-likeness (QED) is 0.890. The Morgan fingerprint density at radius 2 is 2.05 bits per heavy atom. The van der Waals surface area contributed by atoms with Crippen LogP contribution in [0.15, 0.2) is 21.5 Å². The van der Waals surface area contributed by atoms with Gasteiger partial charge in [-0.15, -0.1) is 0 Å². The summed E-state index contributed by atoms with van der Waals surface area (Å²) in [6.45, 7) is 4.22. The van der Waals surface area contributed by atoms with E-state index in [1.165, 1.54) is 0 Å². The van der Waals surface area contributed by atoms with E-state index in [1.54, 1.807) is 6.07 Å². The Labute approximate surface area is 123 Å². The summed E-state index contributed by atoms with van der Waals surface area (Å²) in [5.41, 5.74) is 7.27. The molecule has 0 fully saturated rings. The van der Waals surface area contributed by atoms with Crippen LogP contribution >= 0.6 is 15.9 Å². The number of sulfone groups is 1. The zero-order valence-electron chi connectivity index (χ0n) is 11.4. The van der Waals surface area contributed by atoms with E-state index in [-0.39, 0.29) is 6.04 Å². The summed E-state index contributed by atoms with van der Waals surface area (Å²) in [5.74, 6) is 0. The van der Waals surface area contributed by atoms with Crippen molar-refractivity contribution in [1.82, 2.24) is 0 Å². The van der Waals surface area contributed by atoms with Crippen LogP contribution in [0.5, 0.6) is 0 Å². The highest BCUT2D eigenvalue weighted by Gasteiger charge is 2.41. The first-order chi connectivity index (χ1) is 8.80. The molecule has 0 saturated heterocycles. The lowest BCUT2D eigenvalue weighted by atomic mass is 10.1. The molecule has 1 aliphatic rings. The lowest BCUT2D eigenvalue weighted by Crippen LogP contribution is -2.48. The maximum atomic E-state index is 12.8. The predicted molar refractivity (Wildman–Crippen MR) is 81.4 cm³/mol. The zero-order chi connectivity index (χ0) is 14.4. The van der Waals surface area contributed by atoms with Crippen LogP contribution in [0.4, 0.5) is 5.69 Å². The van der Waals surface area contributed by atoms with Crippen molar-refractivity contribution in [2.24, 2.45) is 5.73 Å². The van der Waals surface area contributed by atoms with Gasteiger partial charge in [0.25, 0.3) is 0 Å². The van der Waals surface area contributed by atoms with Crippen molar-refractivity contribution in [3.05, 3.63) is 22.2 Å². The van der Waals surface area contributed by atoms with Crippen LogP contribution in [-0.4, -0.2) is 33.3 Å². The first kappa shape index (κ1) is 14.8. The second kappa shape index (κ2) is 5.07. The monoisotopic (exact) mass is 346 g/mol. The van der Waals surface area contributed by atoms with Crippen molar-refractivity contribution >= 4 is 31.5 Å². The Balaban J connectivity index is 2.71. The van der Waals surface area contributed by atoms with Crippen LogP contribution in [0, 0.1) is 6.92 Å². The molecule has 1 aliphatic heterocycles. The van der Waals surface area contributed by atoms with Gasteiger partial charge in [-0.1, -0.05) is 0 Å². The van der Waals surface area contributed by atoms with Gasteiger partial charge in [0, 0.05) is 17.6 Å². The van der Waals surface area contributed by atoms with Gasteiger partial charge in [0.15, 0.2) is 9.84 Å². The standard InChI is InChI=1S/C13H19BrN2O2S/c1-8-6-10(14)13-12(7-8)19(17,18)11(4-5-15)9(2)16(13)3/h6-7,9,11H,4-5,15H2,1-3H3. The van der Waals surface area contributed by atoms with Crippen LogP contribution in [0.2, 0.25) is 0 Å². The molecule has 1 aromatic rings. The maximum absolute atomic E-state index is 12.8. The molecule has 1 aromatic carbocycles. The number of hydrogen-bond acceptors (Lipinski definition) is 4. The van der Waals surface area contributed by atoms with Crippen molar-refractivity contribution in [2.45, 2.75) is 36.5 Å². The molecule has 0 spiro atoms. The minimum atomic E-state index is -3.32. The van der Waals surface area contributed by atoms with E-state index in [0.29, 0.717) is 17.9 Å². The second-order valence-corrected chi connectivity index (χ2v) is 8.10. The van der Waals surface area contributed by atoms with Crippen molar-refractivity contribution in [3.63, 3.8) is 0 Å². The fraction of sp³-hybridized carbons (Fsp3) is 0.538. The van der Waals surface area contributed by atoms with E-state index in [0.717, 1.165) is 15.7 Å². The van der Waals surface area contributed by atoms with Gasteiger partial charge in [0.2, 0.25) is 0 Å². The Morgan fingerprint density at radius 3 is 2.63 bits per heavy atom. The Morgan fingerprint density at radius 1 is 1.42 bits per heavy atom. The zero-order valence-corrected chi connectivity index (χ0v) is 13.8. The van der Waals surface area contributed by atoms with Crippen molar-refractivity contribution < 1.29 is 8.42 Å². The van der Waals surface area contributed by atoms with E-state index < -0.39 is 15.1 Å². The van der Waals surface area contributed by atoms with Gasteiger partial charge in [0.05, 0.1) is 15.8 Å². The third-order valence-electron chi connectivity index (χ3n) is 3.83. The molecular weight excluding hydrogens is 328 g/mol. The van der Waals surface area contributed by atoms with Crippen molar-refractivity contribution in [2.75, 3.05) is 18.5 Å². The Kier molecular flexibility index (Phi) is 3.95. The molecule has 106 valence electrons. The van der Waals surface area contributed by atoms with E-state index >= 15 is 0 Å². The van der Waals surface area contributed by atoms with Gasteiger partial charge in [-0.2, -0.15) is 0 Å². The number of hydrogen-bond donors (Lipinski definition) is 1. The number of benzene rings is 1. The molecule has 4 nitrogen and oxygen atoms in total. The molecule has 19 heavy (non-hydrogen) atoms. The SMILES string of the molecule is Cc1cc(Br)c2c(c1)S(=O)(=O)C(CCN)C(C)N2C. The average molecular weight is 347 g/mol. The third-order valence-corrected chi connectivity index (χ3v) is 6.79. The predicted octanol–water partition coefficient (Wildman–Crippen LogP) is 2.09. The first-order valence-corrected chi connectivity index (χ1v) is 8.61. The minimum absolute atomic E-state index is 0.0833. The summed E-state index contributed by atoms with van der Waals surface area (Å²) >= 11 is 3.48. The number of anilines is 1. The highest BCUT2D eigenvalue weighted by Crippen LogP contribution is 2.42. The lowest BCUT2D eigenvalue weighted by Gasteiger charge is -2.40. The fourth-order valence-corrected chi connectivity index (χ4v) is 6.03. The van der Waals surface area contributed by atoms with Crippen molar-refractivity contribution in [1.29, 1.82) is 0 Å². The molecule has 0 aliphatic carbocycles. The number of fused-ring (bicyclic) bond motifs is 1. The van der Waals surface area contributed by atoms with Crippen LogP contribution < -0.4 is 10.6 Å². The van der Waals surface area contributed by atoms with Crippen LogP contribution in [0.3, 0.4) is 0 Å². The number of aryl methyl sites for hydroxylation is 1. The molecule has 2 atom stereocenters. The van der Waals surface area contributed by atoms with Crippen LogP contribution in [0.25, 0.3) is 0 Å². The lowest BCUT2D eigenvalue weighted by molar-refractivity contribution is 0.523. The highest BCUT2D eigenvalue weighted by molar-refractivity contribution is 9.10. The third kappa shape index (κ3) is 2.30. The molecule has 0 amide bonds. The highest BCUT2D eigenvalue weighted by atomic mass is 79.9. The molecule has 2 unspecified atom stereocenters. The smallest absolute Gasteiger partial charge is 0.185 e. The summed E-state index contributed by atoms with van der Waals surface area (Å²) in [6, 6.07) is 3.61. The summed E-state index contributed by atoms with van der Waals surface area (Å²) in [4.78, 5) is 2.44. The molecule has 0 bridgehead atoms. The van der Waals surface area contributed by atoms with Crippen LogP contribution in [-0.2, 0) is 9.84 Å². The van der Waals surface area contributed by atoms with Crippen molar-refractivity contribution in [3.8, 4) is 0 Å². The number of rotatable bonds is 2. The van der Waals surface area contributed by atoms with Gasteiger partial charge in [-0.25, -0.2) is 8.42 Å². The molecule has 2 N–H and O–H groups in total. The van der Waals surface area contributed by atoms with Gasteiger partial charge >= 0.3 is 0 Å². The molecule has 1 heterocycles. The topological polar surface area (TPSA) is 63.4 Å². The summed E-state index contributed by atoms with van der Waals surface area (Å²) in [7, 11) is -1.39.